The van der Waals surface area contributed by atoms with Crippen LogP contribution >= 0.6 is 0 Å². The molecule has 0 N–H and O–H groups in total. The summed E-state index contributed by atoms with van der Waals surface area (Å²) in [7, 11) is -1.97. The molecule has 1 aliphatic carbocycles. The number of carbonyl (C=O) groups excluding carboxylic acids is 2. The van der Waals surface area contributed by atoms with E-state index in [1.54, 1.807) is 0 Å². The molecule has 152 valence electrons. The molecule has 0 saturated carbocycles. The molecule has 2 bridgehead atoms. The second kappa shape index (κ2) is 7.36. The van der Waals surface area contributed by atoms with Crippen molar-refractivity contribution < 1.29 is 18.8 Å². The highest BCUT2D eigenvalue weighted by Gasteiger charge is 2.51. The van der Waals surface area contributed by atoms with Crippen molar-refractivity contribution in [2.24, 2.45) is 11.8 Å². The van der Waals surface area contributed by atoms with Crippen molar-refractivity contribution in [2.45, 2.75) is 83.7 Å². The third kappa shape index (κ3) is 3.75. The van der Waals surface area contributed by atoms with Gasteiger partial charge in [-0.1, -0.05) is 26.8 Å². The molecule has 0 spiro atoms. The van der Waals surface area contributed by atoms with Gasteiger partial charge in [0, 0.05) is 6.54 Å². The highest BCUT2D eigenvalue weighted by atomic mass is 28.4. The molecule has 3 rings (SSSR count). The van der Waals surface area contributed by atoms with E-state index < -0.39 is 8.32 Å². The van der Waals surface area contributed by atoms with Gasteiger partial charge in [-0.3, -0.25) is 9.59 Å². The Morgan fingerprint density at radius 3 is 2.67 bits per heavy atom. The van der Waals surface area contributed by atoms with Crippen LogP contribution in [0.4, 0.5) is 0 Å². The molecule has 0 radical (unpaired) electrons. The van der Waals surface area contributed by atoms with Gasteiger partial charge in [-0.05, 0) is 56.3 Å². The van der Waals surface area contributed by atoms with Crippen LogP contribution in [0.25, 0.3) is 0 Å². The number of hydrogen-bond donors (Lipinski definition) is 0. The maximum Gasteiger partial charge on any atom is 0.310 e. The van der Waals surface area contributed by atoms with Crippen LogP contribution < -0.4 is 0 Å². The summed E-state index contributed by atoms with van der Waals surface area (Å²) in [6, 6.07) is 0.115. The van der Waals surface area contributed by atoms with Crippen LogP contribution in [0.5, 0.6) is 0 Å². The van der Waals surface area contributed by atoms with E-state index >= 15 is 0 Å². The van der Waals surface area contributed by atoms with Gasteiger partial charge in [0.05, 0.1) is 30.6 Å². The Bertz CT molecular complexity index is 637. The van der Waals surface area contributed by atoms with Crippen LogP contribution in [0.1, 0.15) is 53.4 Å². The number of ether oxygens (including phenoxy) is 1. The fourth-order valence-electron chi connectivity index (χ4n) is 4.41. The summed E-state index contributed by atoms with van der Waals surface area (Å²) in [4.78, 5) is 27.8. The highest BCUT2D eigenvalue weighted by Crippen LogP contribution is 2.45. The van der Waals surface area contributed by atoms with E-state index in [-0.39, 0.29) is 40.9 Å². The quantitative estimate of drug-likeness (QED) is 0.413. The third-order valence-corrected chi connectivity index (χ3v) is 11.5. The first kappa shape index (κ1) is 20.6. The minimum atomic E-state index is -1.97. The Hall–Kier alpha value is -1.14. The van der Waals surface area contributed by atoms with Crippen molar-refractivity contribution in [3.8, 4) is 0 Å². The molecule has 2 fully saturated rings. The Balaban J connectivity index is 1.94. The van der Waals surface area contributed by atoms with E-state index in [1.807, 2.05) is 11.8 Å². The van der Waals surface area contributed by atoms with Crippen LogP contribution in [0.3, 0.4) is 0 Å². The summed E-state index contributed by atoms with van der Waals surface area (Å²) in [5, 5.41) is 0.120. The Morgan fingerprint density at radius 2 is 2.04 bits per heavy atom. The van der Waals surface area contributed by atoms with Gasteiger partial charge in [0.1, 0.15) is 0 Å². The number of rotatable bonds is 4. The van der Waals surface area contributed by atoms with E-state index in [0.29, 0.717) is 19.4 Å². The topological polar surface area (TPSA) is 55.8 Å². The van der Waals surface area contributed by atoms with Gasteiger partial charge in [0.15, 0.2) is 8.32 Å². The predicted octanol–water partition coefficient (Wildman–Crippen LogP) is 3.90. The molecule has 0 aromatic carbocycles. The van der Waals surface area contributed by atoms with Gasteiger partial charge in [0.2, 0.25) is 5.91 Å². The number of esters is 1. The molecule has 1 amide bonds. The van der Waals surface area contributed by atoms with Crippen LogP contribution in [-0.2, 0) is 18.8 Å². The minimum Gasteiger partial charge on any atom is -0.466 e. The van der Waals surface area contributed by atoms with Gasteiger partial charge in [-0.25, -0.2) is 0 Å². The number of carbonyl (C=O) groups is 2. The average molecular weight is 394 g/mol. The van der Waals surface area contributed by atoms with Gasteiger partial charge >= 0.3 is 5.97 Å². The lowest BCUT2D eigenvalue weighted by atomic mass is 9.78. The molecule has 0 aromatic heterocycles. The molecule has 2 aliphatic heterocycles. The first-order chi connectivity index (χ1) is 12.6. The molecule has 0 aromatic rings. The number of allylic oxidation sites excluding steroid dienone is 1. The smallest absolute Gasteiger partial charge is 0.310 e. The van der Waals surface area contributed by atoms with Crippen LogP contribution in [0.15, 0.2) is 11.6 Å². The second-order valence-corrected chi connectivity index (χ2v) is 14.5. The van der Waals surface area contributed by atoms with E-state index in [1.165, 1.54) is 5.57 Å². The maximum absolute atomic E-state index is 13.3. The summed E-state index contributed by atoms with van der Waals surface area (Å²) in [5.41, 5.74) is 1.23. The van der Waals surface area contributed by atoms with E-state index in [9.17, 15) is 9.59 Å². The molecular formula is C21H35NO4Si. The van der Waals surface area contributed by atoms with Gasteiger partial charge in [-0.15, -0.1) is 0 Å². The lowest BCUT2D eigenvalue weighted by Gasteiger charge is -2.42. The number of nitrogens with zero attached hydrogens (tertiary/aromatic N) is 1. The minimum absolute atomic E-state index is 0.0227. The Kier molecular flexibility index (Phi) is 5.61. The van der Waals surface area contributed by atoms with Crippen molar-refractivity contribution >= 4 is 20.2 Å². The van der Waals surface area contributed by atoms with Gasteiger partial charge < -0.3 is 14.1 Å². The zero-order valence-corrected chi connectivity index (χ0v) is 18.7. The number of fused-ring (bicyclic) bond motifs is 3. The van der Waals surface area contributed by atoms with Crippen LogP contribution in [-0.4, -0.2) is 50.4 Å². The van der Waals surface area contributed by atoms with Crippen LogP contribution in [0, 0.1) is 11.8 Å². The summed E-state index contributed by atoms with van der Waals surface area (Å²) < 4.78 is 12.1. The Morgan fingerprint density at radius 1 is 1.33 bits per heavy atom. The van der Waals surface area contributed by atoms with E-state index in [4.69, 9.17) is 9.16 Å². The normalized spacial score (nSPS) is 31.3. The van der Waals surface area contributed by atoms with Gasteiger partial charge in [-0.2, -0.15) is 0 Å². The predicted molar refractivity (Wildman–Crippen MR) is 108 cm³/mol. The highest BCUT2D eigenvalue weighted by molar-refractivity contribution is 6.74. The molecular weight excluding hydrogens is 358 g/mol. The molecule has 5 nitrogen and oxygen atoms in total. The zero-order valence-electron chi connectivity index (χ0n) is 17.7. The fraction of sp³-hybridized carbons (Fsp3) is 0.810. The lowest BCUT2D eigenvalue weighted by Crippen LogP contribution is -2.50. The molecule has 27 heavy (non-hydrogen) atoms. The van der Waals surface area contributed by atoms with Crippen molar-refractivity contribution in [3.63, 3.8) is 0 Å². The molecule has 6 heteroatoms. The molecule has 2 heterocycles. The molecule has 2 saturated heterocycles. The fourth-order valence-corrected chi connectivity index (χ4v) is 5.71. The van der Waals surface area contributed by atoms with E-state index in [0.717, 1.165) is 19.4 Å². The van der Waals surface area contributed by atoms with Crippen molar-refractivity contribution in [2.75, 3.05) is 13.2 Å². The molecule has 4 atom stereocenters. The summed E-state index contributed by atoms with van der Waals surface area (Å²) in [5.74, 6) is -0.750. The Labute approximate surface area is 164 Å². The summed E-state index contributed by atoms with van der Waals surface area (Å²) in [6.07, 6.45) is 5.37. The van der Waals surface area contributed by atoms with Crippen LogP contribution in [0.2, 0.25) is 18.1 Å². The lowest BCUT2D eigenvalue weighted by molar-refractivity contribution is -0.155. The van der Waals surface area contributed by atoms with Crippen molar-refractivity contribution in [1.29, 1.82) is 0 Å². The largest absolute Gasteiger partial charge is 0.466 e. The maximum atomic E-state index is 13.3. The second-order valence-electron chi connectivity index (χ2n) is 9.72. The van der Waals surface area contributed by atoms with Crippen molar-refractivity contribution in [1.82, 2.24) is 4.90 Å². The summed E-state index contributed by atoms with van der Waals surface area (Å²) >= 11 is 0. The average Bonchev–Trinajstić information content (AvgIpc) is 3.04. The molecule has 1 unspecified atom stereocenters. The molecule has 3 aliphatic rings. The third-order valence-electron chi connectivity index (χ3n) is 7.01. The van der Waals surface area contributed by atoms with E-state index in [2.05, 4.69) is 39.9 Å². The monoisotopic (exact) mass is 393 g/mol. The zero-order chi connectivity index (χ0) is 20.0. The first-order valence-corrected chi connectivity index (χ1v) is 13.3. The SMILES string of the molecule is CCOC(=O)[C@H]1CC=C2CC1C(=O)N1CCC[C@@H]1[C@@H]2O[Si](C)(C)C(C)(C)C. The summed E-state index contributed by atoms with van der Waals surface area (Å²) in [6.45, 7) is 14.3. The first-order valence-electron chi connectivity index (χ1n) is 10.4. The van der Waals surface area contributed by atoms with Gasteiger partial charge in [0.25, 0.3) is 0 Å². The standard InChI is InChI=1S/C21H35NO4Si/c1-7-25-20(24)15-11-10-14-13-16(15)19(23)22-12-8-9-17(22)18(14)26-27(5,6)21(2,3)4/h10,15-18H,7-9,11-13H2,1-6H3/t15-,16?,17+,18+/m0/s1. The van der Waals surface area contributed by atoms with Crippen molar-refractivity contribution in [3.05, 3.63) is 11.6 Å². The number of hydrogen-bond acceptors (Lipinski definition) is 4. The number of amides is 1.